The molecule has 1 atom stereocenters. The third-order valence-electron chi connectivity index (χ3n) is 5.54. The van der Waals surface area contributed by atoms with Gasteiger partial charge in [-0.25, -0.2) is 4.98 Å². The first-order valence-corrected chi connectivity index (χ1v) is 9.37. The Morgan fingerprint density at radius 3 is 2.89 bits per heavy atom. The number of hydrogen-bond acceptors (Lipinski definition) is 4. The number of likely N-dealkylation sites (tertiary alicyclic amines) is 1. The Kier molecular flexibility index (Phi) is 4.61. The standard InChI is InChI=1S/C20H21ClN4O2/c1-13-17-10-14(11-22-18(17)24-23-13)19(27)25-8-6-20(12-25,7-9-26)15-2-4-16(21)5-3-15/h2-5,10-11,26H,6-9,12H2,1H3,(H,22,23,24). The number of amides is 1. The third kappa shape index (κ3) is 3.19. The minimum Gasteiger partial charge on any atom is -0.396 e. The van der Waals surface area contributed by atoms with Crippen molar-refractivity contribution >= 4 is 28.5 Å². The van der Waals surface area contributed by atoms with Crippen molar-refractivity contribution in [2.24, 2.45) is 0 Å². The molecule has 1 saturated heterocycles. The number of rotatable bonds is 4. The number of aliphatic hydroxyl groups excluding tert-OH is 1. The van der Waals surface area contributed by atoms with Crippen LogP contribution in [-0.2, 0) is 5.41 Å². The number of aliphatic hydroxyl groups is 1. The zero-order valence-electron chi connectivity index (χ0n) is 15.1. The van der Waals surface area contributed by atoms with E-state index in [1.165, 1.54) is 0 Å². The van der Waals surface area contributed by atoms with Crippen molar-refractivity contribution in [3.8, 4) is 0 Å². The predicted molar refractivity (Wildman–Crippen MR) is 104 cm³/mol. The first-order chi connectivity index (χ1) is 13.0. The maximum Gasteiger partial charge on any atom is 0.255 e. The molecule has 2 aromatic heterocycles. The minimum atomic E-state index is -0.252. The van der Waals surface area contributed by atoms with Gasteiger partial charge in [0, 0.05) is 47.4 Å². The molecule has 0 aliphatic carbocycles. The molecule has 27 heavy (non-hydrogen) atoms. The maximum absolute atomic E-state index is 13.1. The van der Waals surface area contributed by atoms with E-state index in [2.05, 4.69) is 15.2 Å². The van der Waals surface area contributed by atoms with E-state index in [0.717, 1.165) is 23.1 Å². The topological polar surface area (TPSA) is 82.1 Å². The summed E-state index contributed by atoms with van der Waals surface area (Å²) in [6, 6.07) is 9.56. The molecule has 1 aliphatic rings. The highest BCUT2D eigenvalue weighted by molar-refractivity contribution is 6.30. The molecule has 140 valence electrons. The predicted octanol–water partition coefficient (Wildman–Crippen LogP) is 3.09. The Balaban J connectivity index is 1.61. The first kappa shape index (κ1) is 17.9. The fraction of sp³-hybridized carbons (Fsp3) is 0.350. The van der Waals surface area contributed by atoms with Gasteiger partial charge in [0.25, 0.3) is 5.91 Å². The number of aromatic nitrogens is 3. The van der Waals surface area contributed by atoms with Crippen molar-refractivity contribution < 1.29 is 9.90 Å². The molecule has 7 heteroatoms. The van der Waals surface area contributed by atoms with Crippen LogP contribution in [0.1, 0.15) is 34.5 Å². The largest absolute Gasteiger partial charge is 0.396 e. The van der Waals surface area contributed by atoms with Crippen LogP contribution in [0.4, 0.5) is 0 Å². The van der Waals surface area contributed by atoms with Gasteiger partial charge < -0.3 is 10.0 Å². The van der Waals surface area contributed by atoms with Crippen LogP contribution >= 0.6 is 11.6 Å². The molecule has 1 amide bonds. The number of pyridine rings is 1. The lowest BCUT2D eigenvalue weighted by molar-refractivity contribution is 0.0779. The molecular weight excluding hydrogens is 364 g/mol. The fourth-order valence-corrected chi connectivity index (χ4v) is 4.09. The Bertz CT molecular complexity index is 985. The molecule has 6 nitrogen and oxygen atoms in total. The highest BCUT2D eigenvalue weighted by Crippen LogP contribution is 2.38. The number of fused-ring (bicyclic) bond motifs is 1. The van der Waals surface area contributed by atoms with E-state index in [-0.39, 0.29) is 17.9 Å². The summed E-state index contributed by atoms with van der Waals surface area (Å²) in [5, 5.41) is 18.2. The number of carbonyl (C=O) groups is 1. The van der Waals surface area contributed by atoms with Crippen molar-refractivity contribution in [3.05, 3.63) is 58.4 Å². The minimum absolute atomic E-state index is 0.0428. The molecular formula is C20H21ClN4O2. The number of aryl methyl sites for hydroxylation is 1. The van der Waals surface area contributed by atoms with Crippen LogP contribution in [0, 0.1) is 6.92 Å². The summed E-state index contributed by atoms with van der Waals surface area (Å²) in [7, 11) is 0. The van der Waals surface area contributed by atoms with Crippen molar-refractivity contribution in [1.29, 1.82) is 0 Å². The zero-order chi connectivity index (χ0) is 19.0. The van der Waals surface area contributed by atoms with Gasteiger partial charge in [0.1, 0.15) is 0 Å². The van der Waals surface area contributed by atoms with Gasteiger partial charge in [-0.1, -0.05) is 23.7 Å². The Labute approximate surface area is 162 Å². The van der Waals surface area contributed by atoms with E-state index in [9.17, 15) is 9.90 Å². The average molecular weight is 385 g/mol. The van der Waals surface area contributed by atoms with Crippen LogP contribution in [0.15, 0.2) is 36.5 Å². The molecule has 0 radical (unpaired) electrons. The highest BCUT2D eigenvalue weighted by Gasteiger charge is 2.41. The Morgan fingerprint density at radius 2 is 2.15 bits per heavy atom. The van der Waals surface area contributed by atoms with Gasteiger partial charge in [0.15, 0.2) is 5.65 Å². The van der Waals surface area contributed by atoms with E-state index in [1.807, 2.05) is 42.2 Å². The Morgan fingerprint density at radius 1 is 1.37 bits per heavy atom. The van der Waals surface area contributed by atoms with Gasteiger partial charge in [0.05, 0.1) is 5.56 Å². The molecule has 3 aromatic rings. The molecule has 1 aliphatic heterocycles. The lowest BCUT2D eigenvalue weighted by Crippen LogP contribution is -2.35. The highest BCUT2D eigenvalue weighted by atomic mass is 35.5. The van der Waals surface area contributed by atoms with Crippen LogP contribution in [0.5, 0.6) is 0 Å². The smallest absolute Gasteiger partial charge is 0.255 e. The second kappa shape index (κ2) is 6.94. The van der Waals surface area contributed by atoms with Gasteiger partial charge >= 0.3 is 0 Å². The number of nitrogens with one attached hydrogen (secondary N) is 1. The average Bonchev–Trinajstić information content (AvgIpc) is 3.27. The monoisotopic (exact) mass is 384 g/mol. The second-order valence-electron chi connectivity index (χ2n) is 7.18. The van der Waals surface area contributed by atoms with E-state index in [4.69, 9.17) is 11.6 Å². The second-order valence-corrected chi connectivity index (χ2v) is 7.62. The van der Waals surface area contributed by atoms with E-state index in [0.29, 0.717) is 35.7 Å². The lowest BCUT2D eigenvalue weighted by Gasteiger charge is -2.29. The fourth-order valence-electron chi connectivity index (χ4n) is 3.97. The molecule has 4 rings (SSSR count). The van der Waals surface area contributed by atoms with Gasteiger partial charge in [-0.2, -0.15) is 5.10 Å². The van der Waals surface area contributed by atoms with Crippen molar-refractivity contribution in [2.45, 2.75) is 25.2 Å². The van der Waals surface area contributed by atoms with Gasteiger partial charge in [0.2, 0.25) is 0 Å². The summed E-state index contributed by atoms with van der Waals surface area (Å²) < 4.78 is 0. The van der Waals surface area contributed by atoms with Crippen molar-refractivity contribution in [3.63, 3.8) is 0 Å². The summed E-state index contributed by atoms with van der Waals surface area (Å²) >= 11 is 6.02. The van der Waals surface area contributed by atoms with E-state index >= 15 is 0 Å². The molecule has 2 N–H and O–H groups in total. The number of halogens is 1. The molecule has 0 spiro atoms. The van der Waals surface area contributed by atoms with Crippen molar-refractivity contribution in [1.82, 2.24) is 20.1 Å². The zero-order valence-corrected chi connectivity index (χ0v) is 15.8. The first-order valence-electron chi connectivity index (χ1n) is 8.99. The molecule has 0 bridgehead atoms. The lowest BCUT2D eigenvalue weighted by atomic mass is 9.77. The summed E-state index contributed by atoms with van der Waals surface area (Å²) in [5.74, 6) is -0.0428. The van der Waals surface area contributed by atoms with Gasteiger partial charge in [-0.15, -0.1) is 0 Å². The summed E-state index contributed by atoms with van der Waals surface area (Å²) in [6.07, 6.45) is 3.00. The van der Waals surface area contributed by atoms with E-state index < -0.39 is 0 Å². The molecule has 1 fully saturated rings. The van der Waals surface area contributed by atoms with Crippen LogP contribution in [0.25, 0.3) is 11.0 Å². The number of H-pyrrole nitrogens is 1. The van der Waals surface area contributed by atoms with Crippen LogP contribution in [0.3, 0.4) is 0 Å². The Hall–Kier alpha value is -2.44. The van der Waals surface area contributed by atoms with Crippen LogP contribution in [-0.4, -0.2) is 50.8 Å². The van der Waals surface area contributed by atoms with Crippen molar-refractivity contribution in [2.75, 3.05) is 19.7 Å². The normalized spacial score (nSPS) is 19.7. The summed E-state index contributed by atoms with van der Waals surface area (Å²) in [4.78, 5) is 19.2. The number of nitrogens with zero attached hydrogens (tertiary/aromatic N) is 3. The van der Waals surface area contributed by atoms with Gasteiger partial charge in [-0.3, -0.25) is 9.89 Å². The quantitative estimate of drug-likeness (QED) is 0.724. The van der Waals surface area contributed by atoms with Crippen LogP contribution < -0.4 is 0 Å². The van der Waals surface area contributed by atoms with E-state index in [1.54, 1.807) is 6.20 Å². The molecule has 1 aromatic carbocycles. The summed E-state index contributed by atoms with van der Waals surface area (Å²) in [5.41, 5.74) is 2.92. The van der Waals surface area contributed by atoms with Gasteiger partial charge in [-0.05, 0) is 43.5 Å². The molecule has 0 saturated carbocycles. The number of hydrogen-bond donors (Lipinski definition) is 2. The molecule has 1 unspecified atom stereocenters. The summed E-state index contributed by atoms with van der Waals surface area (Å²) in [6.45, 7) is 3.20. The maximum atomic E-state index is 13.1. The number of aromatic amines is 1. The molecule has 3 heterocycles. The number of benzene rings is 1. The SMILES string of the molecule is Cc1[nH]nc2ncc(C(=O)N3CCC(CCO)(c4ccc(Cl)cc4)C3)cc12. The third-order valence-corrected chi connectivity index (χ3v) is 5.79. The van der Waals surface area contributed by atoms with Crippen LogP contribution in [0.2, 0.25) is 5.02 Å². The number of carbonyl (C=O) groups excluding carboxylic acids is 1.